The summed E-state index contributed by atoms with van der Waals surface area (Å²) in [7, 11) is 0. The monoisotopic (exact) mass is 302 g/mol. The molecule has 0 saturated carbocycles. The zero-order valence-corrected chi connectivity index (χ0v) is 12.1. The highest BCUT2D eigenvalue weighted by Crippen LogP contribution is 2.58. The number of ether oxygens (including phenoxy) is 2. The average Bonchev–Trinajstić information content (AvgIpc) is 3.07. The summed E-state index contributed by atoms with van der Waals surface area (Å²) >= 11 is 0. The molecule has 2 atom stereocenters. The maximum Gasteiger partial charge on any atom is 0.416 e. The average molecular weight is 302 g/mol. The molecule has 1 aromatic rings. The topological polar surface area (TPSA) is 38.8 Å². The van der Waals surface area contributed by atoms with Crippen LogP contribution in [0.2, 0.25) is 0 Å². The number of hydrogen-bond acceptors (Lipinski definition) is 3. The maximum atomic E-state index is 12.6. The van der Waals surface area contributed by atoms with E-state index in [9.17, 15) is 18.0 Å². The second-order valence-corrected chi connectivity index (χ2v) is 5.11. The Morgan fingerprint density at radius 3 is 2.24 bits per heavy atom. The third kappa shape index (κ3) is 2.41. The number of halogens is 3. The molecule has 1 aromatic carbocycles. The highest BCUT2D eigenvalue weighted by atomic mass is 19.4. The van der Waals surface area contributed by atoms with E-state index in [1.165, 1.54) is 12.1 Å². The van der Waals surface area contributed by atoms with Gasteiger partial charge in [-0.05, 0) is 38.0 Å². The van der Waals surface area contributed by atoms with Gasteiger partial charge in [-0.25, -0.2) is 4.79 Å². The van der Waals surface area contributed by atoms with Gasteiger partial charge in [0.2, 0.25) is 0 Å². The summed E-state index contributed by atoms with van der Waals surface area (Å²) in [4.78, 5) is 12.0. The lowest BCUT2D eigenvalue weighted by Crippen LogP contribution is -2.32. The van der Waals surface area contributed by atoms with Crippen LogP contribution in [0.5, 0.6) is 0 Å². The number of alkyl halides is 3. The number of epoxide rings is 1. The number of benzene rings is 1. The zero-order valence-electron chi connectivity index (χ0n) is 12.1. The molecule has 0 amide bonds. The van der Waals surface area contributed by atoms with E-state index < -0.39 is 28.9 Å². The van der Waals surface area contributed by atoms with Gasteiger partial charge in [-0.2, -0.15) is 13.2 Å². The van der Waals surface area contributed by atoms with Gasteiger partial charge >= 0.3 is 12.1 Å². The lowest BCUT2D eigenvalue weighted by Gasteiger charge is -2.15. The van der Waals surface area contributed by atoms with Crippen LogP contribution in [0, 0.1) is 0 Å². The zero-order chi connectivity index (χ0) is 15.9. The van der Waals surface area contributed by atoms with Gasteiger partial charge in [0.25, 0.3) is 0 Å². The largest absolute Gasteiger partial charge is 0.464 e. The first-order valence-corrected chi connectivity index (χ1v) is 6.76. The summed E-state index contributed by atoms with van der Waals surface area (Å²) in [6.07, 6.45) is -3.99. The van der Waals surface area contributed by atoms with Crippen LogP contribution >= 0.6 is 0 Å². The van der Waals surface area contributed by atoms with E-state index in [0.717, 1.165) is 12.1 Å². The molecule has 1 heterocycles. The molecule has 0 N–H and O–H groups in total. The van der Waals surface area contributed by atoms with Gasteiger partial charge in [-0.15, -0.1) is 0 Å². The van der Waals surface area contributed by atoms with Gasteiger partial charge in [-0.3, -0.25) is 0 Å². The lowest BCUT2D eigenvalue weighted by atomic mass is 9.85. The van der Waals surface area contributed by atoms with Gasteiger partial charge in [0, 0.05) is 0 Å². The molecule has 116 valence electrons. The van der Waals surface area contributed by atoms with Crippen LogP contribution in [0.4, 0.5) is 13.2 Å². The van der Waals surface area contributed by atoms with Crippen LogP contribution < -0.4 is 0 Å². The van der Waals surface area contributed by atoms with Crippen LogP contribution in [0.15, 0.2) is 24.3 Å². The van der Waals surface area contributed by atoms with Crippen molar-refractivity contribution >= 4 is 5.97 Å². The summed E-state index contributed by atoms with van der Waals surface area (Å²) < 4.78 is 48.3. The number of rotatable bonds is 4. The second-order valence-electron chi connectivity index (χ2n) is 5.11. The van der Waals surface area contributed by atoms with Crippen molar-refractivity contribution in [3.63, 3.8) is 0 Å². The van der Waals surface area contributed by atoms with Crippen LogP contribution in [0.1, 0.15) is 38.3 Å². The first-order valence-electron chi connectivity index (χ1n) is 6.76. The summed E-state index contributed by atoms with van der Waals surface area (Å²) in [6.45, 7) is 5.40. The Hall–Kier alpha value is -1.56. The molecule has 0 spiro atoms. The van der Waals surface area contributed by atoms with Crippen molar-refractivity contribution in [2.75, 3.05) is 6.61 Å². The number of esters is 1. The minimum Gasteiger partial charge on any atom is -0.464 e. The molecule has 6 heteroatoms. The number of hydrogen-bond donors (Lipinski definition) is 0. The molecule has 1 fully saturated rings. The van der Waals surface area contributed by atoms with Crippen molar-refractivity contribution in [2.45, 2.75) is 44.6 Å². The van der Waals surface area contributed by atoms with E-state index >= 15 is 0 Å². The van der Waals surface area contributed by atoms with Crippen LogP contribution in [-0.4, -0.2) is 18.2 Å². The van der Waals surface area contributed by atoms with Gasteiger partial charge in [0.1, 0.15) is 5.60 Å². The maximum absolute atomic E-state index is 12.6. The molecule has 2 rings (SSSR count). The minimum absolute atomic E-state index is 0.229. The molecule has 1 aliphatic heterocycles. The third-order valence-corrected chi connectivity index (χ3v) is 3.97. The van der Waals surface area contributed by atoms with Gasteiger partial charge in [0.15, 0.2) is 5.60 Å². The van der Waals surface area contributed by atoms with Gasteiger partial charge in [-0.1, -0.05) is 19.1 Å². The SMILES string of the molecule is CCOC(=O)C1(CC)OC1(C)c1ccc(C(F)(F)F)cc1. The quantitative estimate of drug-likeness (QED) is 0.629. The predicted molar refractivity (Wildman–Crippen MR) is 69.5 cm³/mol. The molecule has 0 aliphatic carbocycles. The van der Waals surface area contributed by atoms with Crippen LogP contribution in [-0.2, 0) is 26.0 Å². The summed E-state index contributed by atoms with van der Waals surface area (Å²) in [5.74, 6) is -0.477. The standard InChI is InChI=1S/C15H17F3O3/c1-4-14(12(19)20-5-2)13(3,21-14)10-6-8-11(9-7-10)15(16,17)18/h6-9H,4-5H2,1-3H3. The van der Waals surface area contributed by atoms with Crippen molar-refractivity contribution in [3.8, 4) is 0 Å². The molecule has 3 nitrogen and oxygen atoms in total. The second kappa shape index (κ2) is 5.02. The van der Waals surface area contributed by atoms with E-state index in [1.807, 2.05) is 0 Å². The van der Waals surface area contributed by atoms with Gasteiger partial charge in [0.05, 0.1) is 12.2 Å². The smallest absolute Gasteiger partial charge is 0.416 e. The van der Waals surface area contributed by atoms with Gasteiger partial charge < -0.3 is 9.47 Å². The van der Waals surface area contributed by atoms with E-state index in [0.29, 0.717) is 12.0 Å². The van der Waals surface area contributed by atoms with Crippen molar-refractivity contribution in [2.24, 2.45) is 0 Å². The predicted octanol–water partition coefficient (Wildman–Crippen LogP) is 3.66. The fourth-order valence-electron chi connectivity index (χ4n) is 2.63. The molecular formula is C15H17F3O3. The fraction of sp³-hybridized carbons (Fsp3) is 0.533. The normalized spacial score (nSPS) is 28.3. The van der Waals surface area contributed by atoms with Crippen molar-refractivity contribution in [1.29, 1.82) is 0 Å². The highest BCUT2D eigenvalue weighted by molar-refractivity contribution is 5.85. The molecule has 0 bridgehead atoms. The summed E-state index contributed by atoms with van der Waals surface area (Å²) in [6, 6.07) is 4.68. The first-order chi connectivity index (χ1) is 9.71. The lowest BCUT2D eigenvalue weighted by molar-refractivity contribution is -0.149. The van der Waals surface area contributed by atoms with Crippen molar-refractivity contribution in [3.05, 3.63) is 35.4 Å². The first kappa shape index (κ1) is 15.8. The van der Waals surface area contributed by atoms with E-state index in [1.54, 1.807) is 20.8 Å². The van der Waals surface area contributed by atoms with Crippen molar-refractivity contribution in [1.82, 2.24) is 0 Å². The minimum atomic E-state index is -4.38. The van der Waals surface area contributed by atoms with Crippen LogP contribution in [0.3, 0.4) is 0 Å². The molecule has 2 unspecified atom stereocenters. The van der Waals surface area contributed by atoms with Crippen LogP contribution in [0.25, 0.3) is 0 Å². The Labute approximate surface area is 121 Å². The van der Waals surface area contributed by atoms with E-state index in [-0.39, 0.29) is 6.61 Å². The molecule has 1 aliphatic rings. The Bertz CT molecular complexity index is 538. The van der Waals surface area contributed by atoms with Crippen molar-refractivity contribution < 1.29 is 27.4 Å². The molecule has 0 radical (unpaired) electrons. The summed E-state index contributed by atoms with van der Waals surface area (Å²) in [5.41, 5.74) is -2.25. The van der Waals surface area contributed by atoms with E-state index in [4.69, 9.17) is 9.47 Å². The molecular weight excluding hydrogens is 285 g/mol. The number of carbonyl (C=O) groups excluding carboxylic acids is 1. The van der Waals surface area contributed by atoms with E-state index in [2.05, 4.69) is 0 Å². The molecule has 21 heavy (non-hydrogen) atoms. The Kier molecular flexibility index (Phi) is 3.78. The highest BCUT2D eigenvalue weighted by Gasteiger charge is 2.72. The number of carbonyl (C=O) groups is 1. The summed E-state index contributed by atoms with van der Waals surface area (Å²) in [5, 5.41) is 0. The Balaban J connectivity index is 2.28. The third-order valence-electron chi connectivity index (χ3n) is 3.97. The molecule has 0 aromatic heterocycles. The Morgan fingerprint density at radius 2 is 1.81 bits per heavy atom. The molecule has 1 saturated heterocycles. The Morgan fingerprint density at radius 1 is 1.24 bits per heavy atom. The fourth-order valence-corrected chi connectivity index (χ4v) is 2.63.